The standard InChI is InChI=1S/C12H11F2N5O2S/c13-8(14)10-17-18-12(22-10)19-3-1-2-7(19)9-15-4-6(5-16-9)11(20)21/h4-5,7-8H,1-3H2,(H,20,21). The Morgan fingerprint density at radius 2 is 2.09 bits per heavy atom. The lowest BCUT2D eigenvalue weighted by Crippen LogP contribution is -2.24. The van der Waals surface area contributed by atoms with Crippen molar-refractivity contribution in [2.75, 3.05) is 11.4 Å². The highest BCUT2D eigenvalue weighted by atomic mass is 32.1. The first-order valence-corrected chi connectivity index (χ1v) is 7.31. The van der Waals surface area contributed by atoms with Crippen LogP contribution in [0.3, 0.4) is 0 Å². The third-order valence-corrected chi connectivity index (χ3v) is 4.30. The lowest BCUT2D eigenvalue weighted by atomic mass is 10.2. The number of rotatable bonds is 4. The molecule has 3 heterocycles. The van der Waals surface area contributed by atoms with E-state index < -0.39 is 12.4 Å². The van der Waals surface area contributed by atoms with Crippen LogP contribution in [0.4, 0.5) is 13.9 Å². The zero-order valence-corrected chi connectivity index (χ0v) is 12.0. The molecule has 0 spiro atoms. The molecule has 0 aromatic carbocycles. The summed E-state index contributed by atoms with van der Waals surface area (Å²) in [6, 6.07) is -0.207. The van der Waals surface area contributed by atoms with Gasteiger partial charge in [0.2, 0.25) is 5.13 Å². The van der Waals surface area contributed by atoms with Gasteiger partial charge in [0.05, 0.1) is 11.6 Å². The van der Waals surface area contributed by atoms with Gasteiger partial charge in [-0.15, -0.1) is 10.2 Å². The maximum absolute atomic E-state index is 12.6. The number of aromatic nitrogens is 4. The molecule has 1 unspecified atom stereocenters. The van der Waals surface area contributed by atoms with E-state index in [1.54, 1.807) is 0 Å². The van der Waals surface area contributed by atoms with Crippen molar-refractivity contribution < 1.29 is 18.7 Å². The molecule has 7 nitrogen and oxygen atoms in total. The van der Waals surface area contributed by atoms with Crippen LogP contribution in [0.2, 0.25) is 0 Å². The molecule has 1 saturated heterocycles. The summed E-state index contributed by atoms with van der Waals surface area (Å²) in [6.07, 6.45) is 1.44. The second kappa shape index (κ2) is 5.87. The summed E-state index contributed by atoms with van der Waals surface area (Å²) in [5.74, 6) is -0.642. The summed E-state index contributed by atoms with van der Waals surface area (Å²) < 4.78 is 25.2. The SMILES string of the molecule is O=C(O)c1cnc(C2CCCN2c2nnc(C(F)F)s2)nc1. The Labute approximate surface area is 127 Å². The van der Waals surface area contributed by atoms with E-state index in [1.165, 1.54) is 12.4 Å². The molecule has 1 aliphatic rings. The van der Waals surface area contributed by atoms with E-state index in [1.807, 2.05) is 4.90 Å². The number of hydrogen-bond donors (Lipinski definition) is 1. The minimum Gasteiger partial charge on any atom is -0.478 e. The highest BCUT2D eigenvalue weighted by Crippen LogP contribution is 2.37. The van der Waals surface area contributed by atoms with Gasteiger partial charge in [0.15, 0.2) is 10.8 Å². The second-order valence-electron chi connectivity index (χ2n) is 4.71. The Morgan fingerprint density at radius 3 is 2.68 bits per heavy atom. The van der Waals surface area contributed by atoms with Crippen LogP contribution < -0.4 is 4.90 Å². The van der Waals surface area contributed by atoms with Crippen molar-refractivity contribution in [2.24, 2.45) is 0 Å². The minimum atomic E-state index is -2.64. The summed E-state index contributed by atoms with van der Waals surface area (Å²) in [4.78, 5) is 20.8. The van der Waals surface area contributed by atoms with Crippen LogP contribution >= 0.6 is 11.3 Å². The van der Waals surface area contributed by atoms with Crippen LogP contribution in [-0.4, -0.2) is 37.8 Å². The molecule has 1 fully saturated rings. The van der Waals surface area contributed by atoms with Gasteiger partial charge < -0.3 is 10.0 Å². The zero-order valence-electron chi connectivity index (χ0n) is 11.2. The molecule has 3 rings (SSSR count). The van der Waals surface area contributed by atoms with Crippen LogP contribution in [0.25, 0.3) is 0 Å². The number of carboxylic acids is 1. The molecule has 22 heavy (non-hydrogen) atoms. The van der Waals surface area contributed by atoms with Crippen LogP contribution in [-0.2, 0) is 0 Å². The summed E-state index contributed by atoms with van der Waals surface area (Å²) in [5.41, 5.74) is 0.00389. The smallest absolute Gasteiger partial charge is 0.338 e. The number of carboxylic acid groups (broad SMARTS) is 1. The van der Waals surface area contributed by atoms with E-state index in [0.717, 1.165) is 24.2 Å². The number of hydrogen-bond acceptors (Lipinski definition) is 7. The number of carbonyl (C=O) groups is 1. The fourth-order valence-corrected chi connectivity index (χ4v) is 3.09. The van der Waals surface area contributed by atoms with Crippen molar-refractivity contribution in [1.82, 2.24) is 20.2 Å². The quantitative estimate of drug-likeness (QED) is 0.921. The van der Waals surface area contributed by atoms with E-state index in [9.17, 15) is 13.6 Å². The first-order chi connectivity index (χ1) is 10.6. The molecule has 0 saturated carbocycles. The predicted molar refractivity (Wildman–Crippen MR) is 73.2 cm³/mol. The number of halogens is 2. The summed E-state index contributed by atoms with van der Waals surface area (Å²) in [5, 5.41) is 16.2. The van der Waals surface area contributed by atoms with Gasteiger partial charge in [0.1, 0.15) is 0 Å². The minimum absolute atomic E-state index is 0.00389. The first kappa shape index (κ1) is 14.7. The van der Waals surface area contributed by atoms with E-state index in [0.29, 0.717) is 17.5 Å². The van der Waals surface area contributed by atoms with Gasteiger partial charge in [0, 0.05) is 18.9 Å². The average Bonchev–Trinajstić information content (AvgIpc) is 3.16. The number of anilines is 1. The van der Waals surface area contributed by atoms with Gasteiger partial charge in [-0.3, -0.25) is 0 Å². The number of nitrogens with zero attached hydrogens (tertiary/aromatic N) is 5. The van der Waals surface area contributed by atoms with Crippen molar-refractivity contribution in [2.45, 2.75) is 25.3 Å². The Balaban J connectivity index is 1.84. The highest BCUT2D eigenvalue weighted by molar-refractivity contribution is 7.15. The molecule has 1 atom stereocenters. The molecule has 1 aliphatic heterocycles. The van der Waals surface area contributed by atoms with Gasteiger partial charge in [-0.05, 0) is 12.8 Å². The maximum Gasteiger partial charge on any atom is 0.338 e. The molecule has 10 heteroatoms. The normalized spacial score (nSPS) is 18.1. The largest absolute Gasteiger partial charge is 0.478 e. The fraction of sp³-hybridized carbons (Fsp3) is 0.417. The van der Waals surface area contributed by atoms with Crippen molar-refractivity contribution in [1.29, 1.82) is 0 Å². The second-order valence-corrected chi connectivity index (χ2v) is 5.70. The summed E-state index contributed by atoms with van der Waals surface area (Å²) >= 11 is 0.849. The molecule has 2 aromatic rings. The van der Waals surface area contributed by atoms with Gasteiger partial charge in [-0.2, -0.15) is 0 Å². The zero-order chi connectivity index (χ0) is 15.7. The monoisotopic (exact) mass is 327 g/mol. The summed E-state index contributed by atoms with van der Waals surface area (Å²) in [7, 11) is 0. The lowest BCUT2D eigenvalue weighted by molar-refractivity contribution is 0.0696. The molecule has 0 radical (unpaired) electrons. The highest BCUT2D eigenvalue weighted by Gasteiger charge is 2.31. The van der Waals surface area contributed by atoms with E-state index in [2.05, 4.69) is 20.2 Å². The van der Waals surface area contributed by atoms with Crippen LogP contribution in [0.5, 0.6) is 0 Å². The molecule has 1 N–H and O–H groups in total. The van der Waals surface area contributed by atoms with Crippen molar-refractivity contribution in [3.05, 3.63) is 28.8 Å². The molecular weight excluding hydrogens is 316 g/mol. The Kier molecular flexibility index (Phi) is 3.92. The summed E-state index contributed by atoms with van der Waals surface area (Å²) in [6.45, 7) is 0.645. The molecule has 0 aliphatic carbocycles. The third-order valence-electron chi connectivity index (χ3n) is 3.33. The van der Waals surface area contributed by atoms with Gasteiger partial charge >= 0.3 is 5.97 Å². The Bertz CT molecular complexity index is 678. The molecule has 0 bridgehead atoms. The van der Waals surface area contributed by atoms with E-state index in [4.69, 9.17) is 5.11 Å². The lowest BCUT2D eigenvalue weighted by Gasteiger charge is -2.21. The molecule has 116 valence electrons. The Morgan fingerprint density at radius 1 is 1.36 bits per heavy atom. The molecular formula is C12H11F2N5O2S. The molecule has 0 amide bonds. The third kappa shape index (κ3) is 2.73. The number of aromatic carboxylic acids is 1. The Hall–Kier alpha value is -2.23. The van der Waals surface area contributed by atoms with Crippen LogP contribution in [0.1, 0.15) is 46.5 Å². The van der Waals surface area contributed by atoms with E-state index >= 15 is 0 Å². The van der Waals surface area contributed by atoms with Crippen LogP contribution in [0.15, 0.2) is 12.4 Å². The van der Waals surface area contributed by atoms with Gasteiger partial charge in [0.25, 0.3) is 6.43 Å². The molecule has 2 aromatic heterocycles. The first-order valence-electron chi connectivity index (χ1n) is 6.49. The topological polar surface area (TPSA) is 92.1 Å². The van der Waals surface area contributed by atoms with Crippen LogP contribution in [0, 0.1) is 0 Å². The maximum atomic E-state index is 12.6. The van der Waals surface area contributed by atoms with Crippen molar-refractivity contribution in [3.8, 4) is 0 Å². The number of alkyl halides is 2. The van der Waals surface area contributed by atoms with Crippen molar-refractivity contribution >= 4 is 22.4 Å². The van der Waals surface area contributed by atoms with E-state index in [-0.39, 0.29) is 16.6 Å². The van der Waals surface area contributed by atoms with Gasteiger partial charge in [-0.25, -0.2) is 23.5 Å². The van der Waals surface area contributed by atoms with Gasteiger partial charge in [-0.1, -0.05) is 11.3 Å². The average molecular weight is 327 g/mol. The predicted octanol–water partition coefficient (Wildman–Crippen LogP) is 2.31. The fourth-order valence-electron chi connectivity index (χ4n) is 2.32. The van der Waals surface area contributed by atoms with Crippen molar-refractivity contribution in [3.63, 3.8) is 0 Å².